The zero-order valence-electron chi connectivity index (χ0n) is 7.25. The maximum absolute atomic E-state index is 11.0. The number of hydrogen-bond donors (Lipinski definition) is 0. The number of hydrogen-bond acceptors (Lipinski definition) is 2. The molecule has 12 heavy (non-hydrogen) atoms. The topological polar surface area (TPSA) is 37.4 Å². The summed E-state index contributed by atoms with van der Waals surface area (Å²) in [4.78, 5) is 23.0. The Morgan fingerprint density at radius 2 is 2.33 bits per heavy atom. The zero-order valence-corrected chi connectivity index (χ0v) is 7.25. The standard InChI is InChI=1S/C9H13NO2/c1-8(12)9-4-2-3-5-10(6-9)7-11/h6-7H,2-5H2,1H3. The third kappa shape index (κ3) is 2.19. The molecule has 3 nitrogen and oxygen atoms in total. The van der Waals surface area contributed by atoms with E-state index in [2.05, 4.69) is 0 Å². The highest BCUT2D eigenvalue weighted by molar-refractivity contribution is 5.93. The second-order valence-corrected chi connectivity index (χ2v) is 3.01. The van der Waals surface area contributed by atoms with Crippen molar-refractivity contribution in [3.63, 3.8) is 0 Å². The van der Waals surface area contributed by atoms with E-state index in [9.17, 15) is 9.59 Å². The highest BCUT2D eigenvalue weighted by atomic mass is 16.1. The van der Waals surface area contributed by atoms with Gasteiger partial charge in [-0.25, -0.2) is 0 Å². The van der Waals surface area contributed by atoms with Crippen molar-refractivity contribution in [2.24, 2.45) is 0 Å². The number of nitrogens with zero attached hydrogens (tertiary/aromatic N) is 1. The van der Waals surface area contributed by atoms with Crippen LogP contribution in [-0.4, -0.2) is 23.6 Å². The quantitative estimate of drug-likeness (QED) is 0.577. The van der Waals surface area contributed by atoms with Crippen LogP contribution in [0.5, 0.6) is 0 Å². The molecule has 0 N–H and O–H groups in total. The molecule has 1 heterocycles. The molecule has 0 fully saturated rings. The predicted molar refractivity (Wildman–Crippen MR) is 45.4 cm³/mol. The number of carbonyl (C=O) groups is 2. The molecule has 1 amide bonds. The summed E-state index contributed by atoms with van der Waals surface area (Å²) < 4.78 is 0. The lowest BCUT2D eigenvalue weighted by Gasteiger charge is -2.08. The van der Waals surface area contributed by atoms with Gasteiger partial charge in [0.1, 0.15) is 0 Å². The Kier molecular flexibility index (Phi) is 3.02. The van der Waals surface area contributed by atoms with E-state index in [1.54, 1.807) is 18.0 Å². The van der Waals surface area contributed by atoms with E-state index in [-0.39, 0.29) is 5.78 Å². The maximum Gasteiger partial charge on any atom is 0.213 e. The Morgan fingerprint density at radius 1 is 1.58 bits per heavy atom. The smallest absolute Gasteiger partial charge is 0.213 e. The molecule has 3 heteroatoms. The van der Waals surface area contributed by atoms with Crippen molar-refractivity contribution in [3.8, 4) is 0 Å². The fraction of sp³-hybridized carbons (Fsp3) is 0.556. The lowest BCUT2D eigenvalue weighted by atomic mass is 10.1. The van der Waals surface area contributed by atoms with Gasteiger partial charge in [-0.1, -0.05) is 0 Å². The van der Waals surface area contributed by atoms with Gasteiger partial charge >= 0.3 is 0 Å². The molecule has 66 valence electrons. The number of amides is 1. The van der Waals surface area contributed by atoms with Gasteiger partial charge < -0.3 is 4.90 Å². The van der Waals surface area contributed by atoms with Crippen LogP contribution in [0.2, 0.25) is 0 Å². The average molecular weight is 167 g/mol. The minimum atomic E-state index is 0.0729. The minimum Gasteiger partial charge on any atom is -0.321 e. The largest absolute Gasteiger partial charge is 0.321 e. The molecule has 0 saturated carbocycles. The fourth-order valence-corrected chi connectivity index (χ4v) is 1.29. The molecule has 1 rings (SSSR count). The first-order valence-electron chi connectivity index (χ1n) is 4.16. The van der Waals surface area contributed by atoms with Gasteiger partial charge in [0.2, 0.25) is 6.41 Å². The SMILES string of the molecule is CC(=O)C1=CN(C=O)CCCC1. The highest BCUT2D eigenvalue weighted by Crippen LogP contribution is 2.14. The summed E-state index contributed by atoms with van der Waals surface area (Å²) in [5.74, 6) is 0.0729. The summed E-state index contributed by atoms with van der Waals surface area (Å²) in [5.41, 5.74) is 0.764. The normalized spacial score (nSPS) is 18.1. The van der Waals surface area contributed by atoms with E-state index < -0.39 is 0 Å². The Bertz CT molecular complexity index is 221. The van der Waals surface area contributed by atoms with E-state index in [4.69, 9.17) is 0 Å². The summed E-state index contributed by atoms with van der Waals surface area (Å²) in [5, 5.41) is 0. The molecule has 0 aromatic carbocycles. The molecular formula is C9H13NO2. The van der Waals surface area contributed by atoms with Gasteiger partial charge in [-0.05, 0) is 26.2 Å². The summed E-state index contributed by atoms with van der Waals surface area (Å²) in [6.45, 7) is 2.28. The molecule has 0 spiro atoms. The van der Waals surface area contributed by atoms with E-state index in [0.717, 1.165) is 37.8 Å². The van der Waals surface area contributed by atoms with Gasteiger partial charge in [-0.15, -0.1) is 0 Å². The predicted octanol–water partition coefficient (Wildman–Crippen LogP) is 1.10. The van der Waals surface area contributed by atoms with Crippen molar-refractivity contribution < 1.29 is 9.59 Å². The van der Waals surface area contributed by atoms with Crippen molar-refractivity contribution in [3.05, 3.63) is 11.8 Å². The Morgan fingerprint density at radius 3 is 2.92 bits per heavy atom. The van der Waals surface area contributed by atoms with E-state index in [0.29, 0.717) is 0 Å². The van der Waals surface area contributed by atoms with Gasteiger partial charge in [-0.3, -0.25) is 9.59 Å². The summed E-state index contributed by atoms with van der Waals surface area (Å²) in [7, 11) is 0. The van der Waals surface area contributed by atoms with E-state index in [1.807, 2.05) is 0 Å². The molecule has 0 bridgehead atoms. The monoisotopic (exact) mass is 167 g/mol. The van der Waals surface area contributed by atoms with Crippen LogP contribution in [0.4, 0.5) is 0 Å². The molecule has 0 unspecified atom stereocenters. The van der Waals surface area contributed by atoms with Crippen LogP contribution >= 0.6 is 0 Å². The molecule has 1 aliphatic rings. The van der Waals surface area contributed by atoms with Crippen molar-refractivity contribution in [2.45, 2.75) is 26.2 Å². The second-order valence-electron chi connectivity index (χ2n) is 3.01. The van der Waals surface area contributed by atoms with Gasteiger partial charge in [-0.2, -0.15) is 0 Å². The van der Waals surface area contributed by atoms with Crippen molar-refractivity contribution in [1.29, 1.82) is 0 Å². The molecule has 0 aromatic rings. The molecule has 0 aliphatic carbocycles. The number of ketones is 1. The van der Waals surface area contributed by atoms with Crippen LogP contribution in [0.15, 0.2) is 11.8 Å². The van der Waals surface area contributed by atoms with Crippen LogP contribution < -0.4 is 0 Å². The van der Waals surface area contributed by atoms with Crippen molar-refractivity contribution in [1.82, 2.24) is 4.90 Å². The van der Waals surface area contributed by atoms with Crippen molar-refractivity contribution in [2.75, 3.05) is 6.54 Å². The first-order chi connectivity index (χ1) is 5.74. The van der Waals surface area contributed by atoms with Crippen LogP contribution in [0, 0.1) is 0 Å². The average Bonchev–Trinajstić information content (AvgIpc) is 2.28. The van der Waals surface area contributed by atoms with Crippen molar-refractivity contribution >= 4 is 12.2 Å². The molecule has 0 saturated heterocycles. The fourth-order valence-electron chi connectivity index (χ4n) is 1.29. The van der Waals surface area contributed by atoms with E-state index in [1.165, 1.54) is 0 Å². The zero-order chi connectivity index (χ0) is 8.97. The second kappa shape index (κ2) is 4.04. The Hall–Kier alpha value is -1.12. The van der Waals surface area contributed by atoms with Crippen LogP contribution in [0.1, 0.15) is 26.2 Å². The third-order valence-electron chi connectivity index (χ3n) is 2.02. The third-order valence-corrected chi connectivity index (χ3v) is 2.02. The van der Waals surface area contributed by atoms with Crippen LogP contribution in [0.3, 0.4) is 0 Å². The maximum atomic E-state index is 11.0. The number of allylic oxidation sites excluding steroid dienone is 1. The summed E-state index contributed by atoms with van der Waals surface area (Å²) in [6, 6.07) is 0. The van der Waals surface area contributed by atoms with Gasteiger partial charge in [0.05, 0.1) is 0 Å². The first kappa shape index (κ1) is 8.97. The Balaban J connectivity index is 2.74. The van der Waals surface area contributed by atoms with Gasteiger partial charge in [0, 0.05) is 18.3 Å². The molecular weight excluding hydrogens is 154 g/mol. The molecule has 0 aromatic heterocycles. The van der Waals surface area contributed by atoms with E-state index >= 15 is 0 Å². The molecule has 0 atom stereocenters. The first-order valence-corrected chi connectivity index (χ1v) is 4.16. The number of carbonyl (C=O) groups excluding carboxylic acids is 2. The minimum absolute atomic E-state index is 0.0729. The lowest BCUT2D eigenvalue weighted by Crippen LogP contribution is -2.15. The summed E-state index contributed by atoms with van der Waals surface area (Å²) in [6.07, 6.45) is 5.22. The Labute approximate surface area is 72.0 Å². The highest BCUT2D eigenvalue weighted by Gasteiger charge is 2.10. The van der Waals surface area contributed by atoms with Crippen LogP contribution in [-0.2, 0) is 9.59 Å². The van der Waals surface area contributed by atoms with Gasteiger partial charge in [0.15, 0.2) is 5.78 Å². The number of Topliss-reactive ketones (excluding diaryl/α,β-unsaturated/α-hetero) is 1. The molecule has 0 radical (unpaired) electrons. The lowest BCUT2D eigenvalue weighted by molar-refractivity contribution is -0.115. The molecule has 1 aliphatic heterocycles. The van der Waals surface area contributed by atoms with Crippen LogP contribution in [0.25, 0.3) is 0 Å². The van der Waals surface area contributed by atoms with Gasteiger partial charge in [0.25, 0.3) is 0 Å². The summed E-state index contributed by atoms with van der Waals surface area (Å²) >= 11 is 0. The number of rotatable bonds is 2.